The molecule has 0 saturated heterocycles. The molecule has 200 valence electrons. The highest BCUT2D eigenvalue weighted by Gasteiger charge is 2.52. The van der Waals surface area contributed by atoms with Gasteiger partial charge in [0.2, 0.25) is 11.6 Å². The molecular weight excluding hydrogens is 500 g/mol. The smallest absolute Gasteiger partial charge is 0.365 e. The van der Waals surface area contributed by atoms with Crippen LogP contribution >= 0.6 is 11.3 Å². The standard InChI is InChI=1S/C27H34N8O2S/c1-15-6-8-17(9-7-15)12-35-20-21(29-16(2)18-4-3-5-18)30-23(24-33-26(36)37-34-24)31-22(20)32-25(35)27(10-11-27)19-13-38-14-28-19/h13-18H,3-12H2,1-2H3,(H,29,30,31)(H,33,34,36)/t15?,16-,17?/m1/s1. The number of anilines is 1. The molecule has 3 aliphatic rings. The second kappa shape index (κ2) is 9.29. The zero-order valence-corrected chi connectivity index (χ0v) is 22.8. The molecule has 0 spiro atoms. The second-order valence-corrected chi connectivity index (χ2v) is 12.5. The Kier molecular flexibility index (Phi) is 5.86. The van der Waals surface area contributed by atoms with Gasteiger partial charge in [-0.3, -0.25) is 9.51 Å². The van der Waals surface area contributed by atoms with Gasteiger partial charge in [0.05, 0.1) is 16.6 Å². The first kappa shape index (κ1) is 24.0. The summed E-state index contributed by atoms with van der Waals surface area (Å²) >= 11 is 1.63. The van der Waals surface area contributed by atoms with Crippen molar-refractivity contribution in [3.8, 4) is 11.6 Å². The van der Waals surface area contributed by atoms with E-state index in [9.17, 15) is 4.79 Å². The minimum Gasteiger partial charge on any atom is -0.365 e. The molecule has 10 nitrogen and oxygen atoms in total. The number of fused-ring (bicyclic) bond motifs is 1. The highest BCUT2D eigenvalue weighted by Crippen LogP contribution is 2.54. The van der Waals surface area contributed by atoms with E-state index in [2.05, 4.69) is 39.3 Å². The molecule has 3 saturated carbocycles. The molecule has 3 aliphatic carbocycles. The summed E-state index contributed by atoms with van der Waals surface area (Å²) < 4.78 is 7.18. The van der Waals surface area contributed by atoms with Crippen LogP contribution in [-0.2, 0) is 12.0 Å². The largest absolute Gasteiger partial charge is 0.439 e. The van der Waals surface area contributed by atoms with Crippen LogP contribution in [0.15, 0.2) is 20.2 Å². The summed E-state index contributed by atoms with van der Waals surface area (Å²) in [6.07, 6.45) is 10.8. The van der Waals surface area contributed by atoms with Crippen molar-refractivity contribution in [1.82, 2.24) is 34.6 Å². The van der Waals surface area contributed by atoms with Crippen LogP contribution in [0.1, 0.15) is 83.2 Å². The number of hydrogen-bond acceptors (Lipinski definition) is 9. The third kappa shape index (κ3) is 4.15. The van der Waals surface area contributed by atoms with Gasteiger partial charge in [-0.1, -0.05) is 31.3 Å². The number of H-pyrrole nitrogens is 1. The average molecular weight is 535 g/mol. The molecule has 38 heavy (non-hydrogen) atoms. The minimum absolute atomic E-state index is 0.179. The maximum Gasteiger partial charge on any atom is 0.439 e. The molecule has 0 unspecified atom stereocenters. The van der Waals surface area contributed by atoms with Gasteiger partial charge in [-0.15, -0.1) is 11.3 Å². The topological polar surface area (TPSA) is 127 Å². The number of aromatic nitrogens is 7. The molecule has 1 atom stereocenters. The number of rotatable bonds is 8. The molecule has 0 radical (unpaired) electrons. The zero-order chi connectivity index (χ0) is 25.9. The van der Waals surface area contributed by atoms with Crippen molar-refractivity contribution in [3.05, 3.63) is 33.0 Å². The molecule has 0 amide bonds. The summed E-state index contributed by atoms with van der Waals surface area (Å²) in [4.78, 5) is 34.0. The van der Waals surface area contributed by atoms with Crippen molar-refractivity contribution in [3.63, 3.8) is 0 Å². The Morgan fingerprint density at radius 1 is 1.18 bits per heavy atom. The number of imidazole rings is 1. The third-order valence-electron chi connectivity index (χ3n) is 9.15. The Balaban J connectivity index is 1.39. The fourth-order valence-corrected chi connectivity index (χ4v) is 6.97. The minimum atomic E-state index is -0.626. The molecule has 3 fully saturated rings. The van der Waals surface area contributed by atoms with Crippen molar-refractivity contribution in [1.29, 1.82) is 0 Å². The van der Waals surface area contributed by atoms with Gasteiger partial charge < -0.3 is 9.88 Å². The van der Waals surface area contributed by atoms with Gasteiger partial charge in [-0.2, -0.15) is 0 Å². The normalized spacial score (nSPS) is 23.8. The van der Waals surface area contributed by atoms with Gasteiger partial charge in [-0.05, 0) is 63.2 Å². The van der Waals surface area contributed by atoms with E-state index in [0.29, 0.717) is 23.3 Å². The maximum atomic E-state index is 11.7. The molecule has 4 heterocycles. The van der Waals surface area contributed by atoms with Crippen LogP contribution in [-0.4, -0.2) is 40.7 Å². The van der Waals surface area contributed by atoms with Crippen LogP contribution in [0.3, 0.4) is 0 Å². The predicted molar refractivity (Wildman–Crippen MR) is 145 cm³/mol. The lowest BCUT2D eigenvalue weighted by atomic mass is 9.80. The number of nitrogens with zero attached hydrogens (tertiary/aromatic N) is 6. The van der Waals surface area contributed by atoms with Gasteiger partial charge in [0.15, 0.2) is 11.5 Å². The second-order valence-electron chi connectivity index (χ2n) is 11.8. The Hall–Kier alpha value is -3.08. The fourth-order valence-electron chi connectivity index (χ4n) is 6.32. The summed E-state index contributed by atoms with van der Waals surface area (Å²) in [6, 6.07) is 0.266. The van der Waals surface area contributed by atoms with Crippen molar-refractivity contribution < 1.29 is 4.52 Å². The van der Waals surface area contributed by atoms with Gasteiger partial charge >= 0.3 is 5.76 Å². The predicted octanol–water partition coefficient (Wildman–Crippen LogP) is 5.13. The number of hydrogen-bond donors (Lipinski definition) is 2. The Morgan fingerprint density at radius 2 is 2.00 bits per heavy atom. The van der Waals surface area contributed by atoms with E-state index >= 15 is 0 Å². The van der Waals surface area contributed by atoms with Crippen LogP contribution in [0.25, 0.3) is 22.8 Å². The van der Waals surface area contributed by atoms with Crippen molar-refractivity contribution >= 4 is 28.3 Å². The lowest BCUT2D eigenvalue weighted by Gasteiger charge is -2.32. The first-order valence-corrected chi connectivity index (χ1v) is 14.9. The van der Waals surface area contributed by atoms with E-state index < -0.39 is 5.76 Å². The van der Waals surface area contributed by atoms with Crippen LogP contribution in [0.4, 0.5) is 5.82 Å². The Bertz CT molecular complexity index is 1490. The van der Waals surface area contributed by atoms with Crippen LogP contribution in [0.2, 0.25) is 0 Å². The first-order valence-electron chi connectivity index (χ1n) is 14.0. The Morgan fingerprint density at radius 3 is 2.63 bits per heavy atom. The van der Waals surface area contributed by atoms with Gasteiger partial charge in [-0.25, -0.2) is 24.7 Å². The van der Waals surface area contributed by atoms with E-state index in [4.69, 9.17) is 24.5 Å². The molecule has 7 rings (SSSR count). The lowest BCUT2D eigenvalue weighted by Crippen LogP contribution is -2.31. The van der Waals surface area contributed by atoms with E-state index in [1.54, 1.807) is 11.3 Å². The summed E-state index contributed by atoms with van der Waals surface area (Å²) in [6.45, 7) is 5.50. The zero-order valence-electron chi connectivity index (χ0n) is 21.9. The quantitative estimate of drug-likeness (QED) is 0.318. The van der Waals surface area contributed by atoms with E-state index in [0.717, 1.165) is 48.2 Å². The maximum absolute atomic E-state index is 11.7. The summed E-state index contributed by atoms with van der Waals surface area (Å²) in [5, 5.41) is 9.76. The number of thiazole rings is 1. The average Bonchev–Trinajstić information content (AvgIpc) is 3.22. The molecule has 0 aromatic carbocycles. The SMILES string of the molecule is CC1CCC(Cn2c(C3(c4cscn4)CC3)nc3nc(-c4noc(=O)[nH]4)nc(N[C@H](C)C4CCC4)c32)CC1. The van der Waals surface area contributed by atoms with E-state index in [1.165, 1.54) is 44.9 Å². The molecule has 2 N–H and O–H groups in total. The molecule has 11 heteroatoms. The molecule has 4 aromatic heterocycles. The van der Waals surface area contributed by atoms with Crippen molar-refractivity contribution in [2.75, 3.05) is 5.32 Å². The molecule has 0 bridgehead atoms. The highest BCUT2D eigenvalue weighted by atomic mass is 32.1. The van der Waals surface area contributed by atoms with E-state index in [1.807, 2.05) is 5.51 Å². The number of nitrogens with one attached hydrogen (secondary N) is 2. The third-order valence-corrected chi connectivity index (χ3v) is 9.74. The molecular formula is C27H34N8O2S. The summed E-state index contributed by atoms with van der Waals surface area (Å²) in [5.41, 5.74) is 4.41. The highest BCUT2D eigenvalue weighted by molar-refractivity contribution is 7.07. The summed E-state index contributed by atoms with van der Waals surface area (Å²) in [7, 11) is 0. The summed E-state index contributed by atoms with van der Waals surface area (Å²) in [5.74, 6) is 3.71. The van der Waals surface area contributed by atoms with E-state index in [-0.39, 0.29) is 17.3 Å². The first-order chi connectivity index (χ1) is 18.5. The van der Waals surface area contributed by atoms with Crippen LogP contribution in [0, 0.1) is 17.8 Å². The van der Waals surface area contributed by atoms with Gasteiger partial charge in [0.1, 0.15) is 11.3 Å². The molecule has 0 aliphatic heterocycles. The van der Waals surface area contributed by atoms with Crippen LogP contribution in [0.5, 0.6) is 0 Å². The molecule has 4 aromatic rings. The van der Waals surface area contributed by atoms with Crippen molar-refractivity contribution in [2.24, 2.45) is 17.8 Å². The number of aromatic amines is 1. The fraction of sp³-hybridized carbons (Fsp3) is 0.630. The Labute approximate surface area is 224 Å². The lowest BCUT2D eigenvalue weighted by molar-refractivity contribution is 0.264. The monoisotopic (exact) mass is 534 g/mol. The van der Waals surface area contributed by atoms with Crippen molar-refractivity contribution in [2.45, 2.75) is 89.6 Å². The van der Waals surface area contributed by atoms with Gasteiger partial charge in [0.25, 0.3) is 0 Å². The van der Waals surface area contributed by atoms with Crippen LogP contribution < -0.4 is 11.1 Å². The van der Waals surface area contributed by atoms with Gasteiger partial charge in [0, 0.05) is 18.0 Å².